The van der Waals surface area contributed by atoms with E-state index in [1.54, 1.807) is 18.3 Å². The van der Waals surface area contributed by atoms with Gasteiger partial charge in [0.15, 0.2) is 0 Å². The highest BCUT2D eigenvalue weighted by Crippen LogP contribution is 2.28. The molecule has 5 heteroatoms. The van der Waals surface area contributed by atoms with Gasteiger partial charge in [-0.3, -0.25) is 4.79 Å². The van der Waals surface area contributed by atoms with Crippen molar-refractivity contribution in [2.24, 2.45) is 0 Å². The molecule has 1 N–H and O–H groups in total. The molecule has 0 aliphatic rings. The van der Waals surface area contributed by atoms with Crippen LogP contribution in [0.15, 0.2) is 28.9 Å². The fraction of sp³-hybridized carbons (Fsp3) is 0.100. The zero-order chi connectivity index (χ0) is 11.0. The van der Waals surface area contributed by atoms with Crippen molar-refractivity contribution in [1.29, 1.82) is 0 Å². The predicted molar refractivity (Wildman–Crippen MR) is 57.2 cm³/mol. The zero-order valence-corrected chi connectivity index (χ0v) is 9.16. The average molecular weight is 272 g/mol. The van der Waals surface area contributed by atoms with Crippen molar-refractivity contribution in [2.45, 2.75) is 6.54 Å². The third-order valence-electron chi connectivity index (χ3n) is 2.11. The zero-order valence-electron chi connectivity index (χ0n) is 7.58. The summed E-state index contributed by atoms with van der Waals surface area (Å²) in [6.45, 7) is -0.175. The van der Waals surface area contributed by atoms with E-state index in [1.165, 1.54) is 10.6 Å². The van der Waals surface area contributed by atoms with Gasteiger partial charge < -0.3 is 9.67 Å². The maximum absolute atomic E-state index is 13.4. The first kappa shape index (κ1) is 10.2. The van der Waals surface area contributed by atoms with Gasteiger partial charge >= 0.3 is 5.97 Å². The molecule has 0 saturated carbocycles. The lowest BCUT2D eigenvalue weighted by atomic mass is 10.2. The Labute approximate surface area is 93.3 Å². The lowest BCUT2D eigenvalue weighted by molar-refractivity contribution is -0.137. The monoisotopic (exact) mass is 271 g/mol. The summed E-state index contributed by atoms with van der Waals surface area (Å²) in [7, 11) is 0. The van der Waals surface area contributed by atoms with Crippen LogP contribution in [0, 0.1) is 5.82 Å². The number of fused-ring (bicyclic) bond motifs is 1. The van der Waals surface area contributed by atoms with Crippen molar-refractivity contribution in [3.8, 4) is 0 Å². The number of nitrogens with zero attached hydrogens (tertiary/aromatic N) is 1. The first-order valence-electron chi connectivity index (χ1n) is 4.24. The van der Waals surface area contributed by atoms with Gasteiger partial charge in [-0.15, -0.1) is 0 Å². The Morgan fingerprint density at radius 3 is 2.93 bits per heavy atom. The number of benzene rings is 1. The smallest absolute Gasteiger partial charge is 0.323 e. The summed E-state index contributed by atoms with van der Waals surface area (Å²) in [5.74, 6) is -1.31. The quantitative estimate of drug-likeness (QED) is 0.913. The number of aromatic nitrogens is 1. The number of carbonyl (C=O) groups is 1. The topological polar surface area (TPSA) is 42.2 Å². The first-order valence-corrected chi connectivity index (χ1v) is 5.03. The Morgan fingerprint density at radius 1 is 1.53 bits per heavy atom. The summed E-state index contributed by atoms with van der Waals surface area (Å²) < 4.78 is 15.5. The molecule has 15 heavy (non-hydrogen) atoms. The van der Waals surface area contributed by atoms with Crippen LogP contribution in [0.5, 0.6) is 0 Å². The van der Waals surface area contributed by atoms with E-state index in [2.05, 4.69) is 15.9 Å². The fourth-order valence-corrected chi connectivity index (χ4v) is 2.18. The van der Waals surface area contributed by atoms with Crippen LogP contribution in [-0.2, 0) is 11.3 Å². The summed E-state index contributed by atoms with van der Waals surface area (Å²) >= 11 is 3.20. The molecule has 0 saturated heterocycles. The molecule has 3 nitrogen and oxygen atoms in total. The number of halogens is 2. The van der Waals surface area contributed by atoms with E-state index >= 15 is 0 Å². The van der Waals surface area contributed by atoms with Gasteiger partial charge in [-0.05, 0) is 28.1 Å². The van der Waals surface area contributed by atoms with Crippen LogP contribution in [0.4, 0.5) is 4.39 Å². The molecule has 0 spiro atoms. The van der Waals surface area contributed by atoms with Crippen molar-refractivity contribution in [2.75, 3.05) is 0 Å². The van der Waals surface area contributed by atoms with Gasteiger partial charge in [0.1, 0.15) is 12.4 Å². The second kappa shape index (κ2) is 3.66. The number of hydrogen-bond acceptors (Lipinski definition) is 1. The van der Waals surface area contributed by atoms with Gasteiger partial charge in [0.2, 0.25) is 0 Å². The van der Waals surface area contributed by atoms with Crippen molar-refractivity contribution >= 4 is 32.8 Å². The van der Waals surface area contributed by atoms with Gasteiger partial charge in [0, 0.05) is 16.1 Å². The molecule has 0 amide bonds. The Bertz CT molecular complexity index is 535. The maximum atomic E-state index is 13.4. The van der Waals surface area contributed by atoms with Crippen molar-refractivity contribution in [3.63, 3.8) is 0 Å². The van der Waals surface area contributed by atoms with Crippen LogP contribution < -0.4 is 0 Å². The predicted octanol–water partition coefficient (Wildman–Crippen LogP) is 2.63. The highest BCUT2D eigenvalue weighted by molar-refractivity contribution is 9.10. The highest BCUT2D eigenvalue weighted by Gasteiger charge is 2.11. The number of hydrogen-bond donors (Lipinski definition) is 1. The Balaban J connectivity index is 2.68. The van der Waals surface area contributed by atoms with E-state index in [9.17, 15) is 9.18 Å². The molecule has 1 aromatic heterocycles. The molecule has 0 aliphatic carbocycles. The van der Waals surface area contributed by atoms with Gasteiger partial charge in [0.25, 0.3) is 0 Å². The average Bonchev–Trinajstić information content (AvgIpc) is 2.44. The van der Waals surface area contributed by atoms with Crippen LogP contribution in [0.3, 0.4) is 0 Å². The van der Waals surface area contributed by atoms with Gasteiger partial charge in [-0.1, -0.05) is 6.07 Å². The second-order valence-electron chi connectivity index (χ2n) is 3.13. The van der Waals surface area contributed by atoms with Crippen molar-refractivity contribution in [1.82, 2.24) is 4.57 Å². The van der Waals surface area contributed by atoms with Gasteiger partial charge in [0.05, 0.1) is 5.52 Å². The maximum Gasteiger partial charge on any atom is 0.323 e. The normalized spacial score (nSPS) is 10.8. The third kappa shape index (κ3) is 1.74. The molecule has 0 atom stereocenters. The SMILES string of the molecule is O=C(O)Cn1cc(Br)c2c(F)cccc21. The van der Waals surface area contributed by atoms with Crippen LogP contribution in [0.25, 0.3) is 10.9 Å². The van der Waals surface area contributed by atoms with E-state index in [0.717, 1.165) is 0 Å². The molecule has 1 heterocycles. The van der Waals surface area contributed by atoms with Crippen LogP contribution in [0.1, 0.15) is 0 Å². The van der Waals surface area contributed by atoms with E-state index < -0.39 is 5.97 Å². The lowest BCUT2D eigenvalue weighted by Crippen LogP contribution is -2.07. The van der Waals surface area contributed by atoms with Crippen LogP contribution in [-0.4, -0.2) is 15.6 Å². The van der Waals surface area contributed by atoms with Gasteiger partial charge in [-0.25, -0.2) is 4.39 Å². The Morgan fingerprint density at radius 2 is 2.27 bits per heavy atom. The van der Waals surface area contributed by atoms with E-state index in [4.69, 9.17) is 5.11 Å². The summed E-state index contributed by atoms with van der Waals surface area (Å²) in [6, 6.07) is 4.59. The highest BCUT2D eigenvalue weighted by atomic mass is 79.9. The summed E-state index contributed by atoms with van der Waals surface area (Å²) in [5.41, 5.74) is 0.573. The molecule has 0 radical (unpaired) electrons. The molecule has 2 rings (SSSR count). The fourth-order valence-electron chi connectivity index (χ4n) is 1.54. The summed E-state index contributed by atoms with van der Waals surface area (Å²) in [5, 5.41) is 9.09. The van der Waals surface area contributed by atoms with E-state index in [0.29, 0.717) is 15.4 Å². The van der Waals surface area contributed by atoms with E-state index in [1.807, 2.05) is 0 Å². The van der Waals surface area contributed by atoms with E-state index in [-0.39, 0.29) is 12.4 Å². The van der Waals surface area contributed by atoms with Crippen molar-refractivity contribution < 1.29 is 14.3 Å². The first-order chi connectivity index (χ1) is 7.09. The standard InChI is InChI=1S/C10H7BrFNO2/c11-6-4-13(5-9(14)15)8-3-1-2-7(12)10(6)8/h1-4H,5H2,(H,14,15). The number of aliphatic carboxylic acids is 1. The molecule has 2 aromatic rings. The second-order valence-corrected chi connectivity index (χ2v) is 3.99. The molecular formula is C10H7BrFNO2. The number of carboxylic acid groups (broad SMARTS) is 1. The molecular weight excluding hydrogens is 265 g/mol. The Hall–Kier alpha value is -1.36. The molecule has 0 aliphatic heterocycles. The lowest BCUT2D eigenvalue weighted by Gasteiger charge is -2.00. The summed E-state index contributed by atoms with van der Waals surface area (Å²) in [6.07, 6.45) is 1.57. The molecule has 1 aromatic carbocycles. The molecule has 0 bridgehead atoms. The van der Waals surface area contributed by atoms with Crippen LogP contribution in [0.2, 0.25) is 0 Å². The number of rotatable bonds is 2. The number of carboxylic acids is 1. The third-order valence-corrected chi connectivity index (χ3v) is 2.72. The largest absolute Gasteiger partial charge is 0.480 e. The van der Waals surface area contributed by atoms with Crippen LogP contribution >= 0.6 is 15.9 Å². The minimum atomic E-state index is -0.955. The molecule has 0 fully saturated rings. The van der Waals surface area contributed by atoms with Crippen molar-refractivity contribution in [3.05, 3.63) is 34.7 Å². The minimum absolute atomic E-state index is 0.175. The minimum Gasteiger partial charge on any atom is -0.480 e. The van der Waals surface area contributed by atoms with Gasteiger partial charge in [-0.2, -0.15) is 0 Å². The molecule has 78 valence electrons. The Kier molecular flexibility index (Phi) is 2.48. The summed E-state index contributed by atoms with van der Waals surface area (Å²) in [4.78, 5) is 10.6. The molecule has 0 unspecified atom stereocenters.